The summed E-state index contributed by atoms with van der Waals surface area (Å²) in [5.41, 5.74) is 3.81. The smallest absolute Gasteiger partial charge is 0.266 e. The first-order valence-corrected chi connectivity index (χ1v) is 8.96. The van der Waals surface area contributed by atoms with Crippen LogP contribution in [0.15, 0.2) is 52.6 Å². The highest BCUT2D eigenvalue weighted by atomic mass is 32.1. The average Bonchev–Trinajstić information content (AvgIpc) is 3.32. The lowest BCUT2D eigenvalue weighted by Gasteiger charge is -2.11. The lowest BCUT2D eigenvalue weighted by molar-refractivity contribution is 0.478. The zero-order chi connectivity index (χ0) is 16.3. The number of rotatable bonds is 2. The summed E-state index contributed by atoms with van der Waals surface area (Å²) in [6, 6.07) is 13.8. The molecule has 4 aromatic rings. The zero-order valence-corrected chi connectivity index (χ0v) is 13.7. The Balaban J connectivity index is 1.84. The Morgan fingerprint density at radius 3 is 2.58 bits per heavy atom. The van der Waals surface area contributed by atoms with Gasteiger partial charge in [-0.25, -0.2) is 0 Å². The van der Waals surface area contributed by atoms with Gasteiger partial charge in [-0.15, -0.1) is 11.3 Å². The van der Waals surface area contributed by atoms with Gasteiger partial charge in [0.15, 0.2) is 0 Å². The maximum absolute atomic E-state index is 12.2. The number of aromatic amines is 1. The lowest BCUT2D eigenvalue weighted by Crippen LogP contribution is -2.04. The zero-order valence-electron chi connectivity index (χ0n) is 12.9. The highest BCUT2D eigenvalue weighted by Gasteiger charge is 2.23. The molecular formula is C20H15NO2S. The number of hydrogen-bond acceptors (Lipinski definition) is 3. The summed E-state index contributed by atoms with van der Waals surface area (Å²) < 4.78 is 0.698. The van der Waals surface area contributed by atoms with E-state index < -0.39 is 0 Å². The number of aromatic hydroxyl groups is 1. The molecule has 5 rings (SSSR count). The van der Waals surface area contributed by atoms with Crippen molar-refractivity contribution in [1.29, 1.82) is 0 Å². The summed E-state index contributed by atoms with van der Waals surface area (Å²) in [5.74, 6) is 0.946. The number of phenols is 1. The molecule has 0 aliphatic heterocycles. The highest BCUT2D eigenvalue weighted by molar-refractivity contribution is 7.17. The number of aromatic nitrogens is 1. The van der Waals surface area contributed by atoms with Gasteiger partial charge in [0.25, 0.3) is 5.56 Å². The Morgan fingerprint density at radius 1 is 1.04 bits per heavy atom. The SMILES string of the molecule is O=c1[nH]c2ccc(O)c(-c3ccc(C4CC4)cc3)c2c2ccsc12. The second-order valence-electron chi connectivity index (χ2n) is 6.40. The molecule has 2 aromatic heterocycles. The number of thiophene rings is 1. The van der Waals surface area contributed by atoms with Crippen LogP contribution in [-0.4, -0.2) is 10.1 Å². The molecule has 4 heteroatoms. The van der Waals surface area contributed by atoms with Crippen molar-refractivity contribution in [3.05, 3.63) is 63.8 Å². The summed E-state index contributed by atoms with van der Waals surface area (Å²) in [5, 5.41) is 14.3. The van der Waals surface area contributed by atoms with E-state index in [-0.39, 0.29) is 11.3 Å². The van der Waals surface area contributed by atoms with Crippen LogP contribution in [0.2, 0.25) is 0 Å². The fraction of sp³-hybridized carbons (Fsp3) is 0.150. The van der Waals surface area contributed by atoms with E-state index in [0.717, 1.165) is 27.4 Å². The monoisotopic (exact) mass is 333 g/mol. The molecule has 0 saturated heterocycles. The lowest BCUT2D eigenvalue weighted by atomic mass is 9.96. The molecule has 0 radical (unpaired) electrons. The maximum Gasteiger partial charge on any atom is 0.266 e. The van der Waals surface area contributed by atoms with E-state index in [1.165, 1.54) is 29.7 Å². The highest BCUT2D eigenvalue weighted by Crippen LogP contribution is 2.43. The molecule has 0 spiro atoms. The maximum atomic E-state index is 12.2. The molecule has 0 unspecified atom stereocenters. The number of pyridine rings is 1. The fourth-order valence-corrected chi connectivity index (χ4v) is 4.26. The summed E-state index contributed by atoms with van der Waals surface area (Å²) in [4.78, 5) is 15.1. The second-order valence-corrected chi connectivity index (χ2v) is 7.31. The number of benzene rings is 2. The van der Waals surface area contributed by atoms with Gasteiger partial charge in [-0.1, -0.05) is 24.3 Å². The molecule has 1 aliphatic rings. The molecule has 0 bridgehead atoms. The van der Waals surface area contributed by atoms with Crippen LogP contribution in [0.5, 0.6) is 5.75 Å². The Labute approximate surface area is 142 Å². The van der Waals surface area contributed by atoms with Gasteiger partial charge in [0.1, 0.15) is 10.4 Å². The molecule has 3 nitrogen and oxygen atoms in total. The van der Waals surface area contributed by atoms with E-state index in [1.807, 2.05) is 11.4 Å². The largest absolute Gasteiger partial charge is 0.507 e. The first-order chi connectivity index (χ1) is 11.7. The number of fused-ring (bicyclic) bond motifs is 3. The predicted molar refractivity (Wildman–Crippen MR) is 99.0 cm³/mol. The third-order valence-corrected chi connectivity index (χ3v) is 5.73. The van der Waals surface area contributed by atoms with Gasteiger partial charge in [-0.05, 0) is 53.5 Å². The van der Waals surface area contributed by atoms with Crippen LogP contribution in [0, 0.1) is 0 Å². The minimum absolute atomic E-state index is 0.0757. The summed E-state index contributed by atoms with van der Waals surface area (Å²) in [7, 11) is 0. The molecule has 118 valence electrons. The summed E-state index contributed by atoms with van der Waals surface area (Å²) >= 11 is 1.43. The van der Waals surface area contributed by atoms with Crippen molar-refractivity contribution < 1.29 is 5.11 Å². The third kappa shape index (κ3) is 2.00. The van der Waals surface area contributed by atoms with Crippen LogP contribution in [0.1, 0.15) is 24.3 Å². The molecule has 2 heterocycles. The molecule has 1 saturated carbocycles. The van der Waals surface area contributed by atoms with Crippen LogP contribution in [-0.2, 0) is 0 Å². The summed E-state index contributed by atoms with van der Waals surface area (Å²) in [6.45, 7) is 0. The standard InChI is InChI=1S/C20H15NO2S/c22-16-8-7-15-18(14-9-10-24-19(14)20(23)21-15)17(16)13-5-3-12(4-6-13)11-1-2-11/h3-11,22H,1-2H2,(H,21,23). The number of phenolic OH excluding ortho intramolecular Hbond substituents is 1. The van der Waals surface area contributed by atoms with Crippen molar-refractivity contribution in [3.8, 4) is 16.9 Å². The molecule has 0 amide bonds. The minimum atomic E-state index is -0.0757. The molecule has 2 aromatic carbocycles. The van der Waals surface area contributed by atoms with E-state index >= 15 is 0 Å². The summed E-state index contributed by atoms with van der Waals surface area (Å²) in [6.07, 6.45) is 2.55. The van der Waals surface area contributed by atoms with Gasteiger partial charge in [0, 0.05) is 21.9 Å². The van der Waals surface area contributed by atoms with Crippen molar-refractivity contribution in [2.24, 2.45) is 0 Å². The van der Waals surface area contributed by atoms with Crippen molar-refractivity contribution >= 4 is 32.3 Å². The van der Waals surface area contributed by atoms with Gasteiger partial charge >= 0.3 is 0 Å². The van der Waals surface area contributed by atoms with Crippen LogP contribution < -0.4 is 5.56 Å². The van der Waals surface area contributed by atoms with Crippen LogP contribution in [0.3, 0.4) is 0 Å². The van der Waals surface area contributed by atoms with Crippen LogP contribution in [0.4, 0.5) is 0 Å². The van der Waals surface area contributed by atoms with Gasteiger partial charge in [0.05, 0.1) is 0 Å². The van der Waals surface area contributed by atoms with E-state index in [2.05, 4.69) is 29.2 Å². The van der Waals surface area contributed by atoms with Gasteiger partial charge < -0.3 is 10.1 Å². The van der Waals surface area contributed by atoms with E-state index in [1.54, 1.807) is 12.1 Å². The van der Waals surface area contributed by atoms with Crippen molar-refractivity contribution in [2.45, 2.75) is 18.8 Å². The molecule has 2 N–H and O–H groups in total. The molecular weight excluding hydrogens is 318 g/mol. The van der Waals surface area contributed by atoms with E-state index in [0.29, 0.717) is 10.6 Å². The van der Waals surface area contributed by atoms with Crippen molar-refractivity contribution in [2.75, 3.05) is 0 Å². The normalized spacial score (nSPS) is 14.5. The van der Waals surface area contributed by atoms with Crippen LogP contribution >= 0.6 is 11.3 Å². The minimum Gasteiger partial charge on any atom is -0.507 e. The Morgan fingerprint density at radius 2 is 1.83 bits per heavy atom. The molecule has 0 atom stereocenters. The Hall–Kier alpha value is -2.59. The fourth-order valence-electron chi connectivity index (χ4n) is 3.47. The number of H-pyrrole nitrogens is 1. The Bertz CT molecular complexity index is 1130. The average molecular weight is 333 g/mol. The van der Waals surface area contributed by atoms with Gasteiger partial charge in [0.2, 0.25) is 0 Å². The second kappa shape index (κ2) is 4.95. The first kappa shape index (κ1) is 13.8. The molecule has 1 fully saturated rings. The number of hydrogen-bond donors (Lipinski definition) is 2. The number of nitrogens with one attached hydrogen (secondary N) is 1. The topological polar surface area (TPSA) is 53.1 Å². The van der Waals surface area contributed by atoms with Crippen molar-refractivity contribution in [1.82, 2.24) is 4.98 Å². The van der Waals surface area contributed by atoms with Crippen molar-refractivity contribution in [3.63, 3.8) is 0 Å². The first-order valence-electron chi connectivity index (χ1n) is 8.08. The Kier molecular flexibility index (Phi) is 2.85. The van der Waals surface area contributed by atoms with Gasteiger partial charge in [-0.2, -0.15) is 0 Å². The van der Waals surface area contributed by atoms with Gasteiger partial charge in [-0.3, -0.25) is 4.79 Å². The molecule has 24 heavy (non-hydrogen) atoms. The molecule has 1 aliphatic carbocycles. The predicted octanol–water partition coefficient (Wildman–Crippen LogP) is 4.99. The van der Waals surface area contributed by atoms with E-state index in [4.69, 9.17) is 0 Å². The van der Waals surface area contributed by atoms with Crippen LogP contribution in [0.25, 0.3) is 32.1 Å². The third-order valence-electron chi connectivity index (χ3n) is 4.82. The van der Waals surface area contributed by atoms with E-state index in [9.17, 15) is 9.90 Å². The quantitative estimate of drug-likeness (QED) is 0.543.